The third kappa shape index (κ3) is 3.49. The number of hydrogen-bond donors (Lipinski definition) is 0. The number of nitro benzene ring substituents is 1. The van der Waals surface area contributed by atoms with Crippen molar-refractivity contribution in [3.05, 3.63) is 64.2 Å². The fraction of sp³-hybridized carbons (Fsp3) is 0.286. The van der Waals surface area contributed by atoms with Gasteiger partial charge in [-0.3, -0.25) is 24.6 Å². The van der Waals surface area contributed by atoms with Crippen LogP contribution >= 0.6 is 0 Å². The highest BCUT2D eigenvalue weighted by atomic mass is 16.6. The molecule has 2 aromatic carbocycles. The average molecular weight is 394 g/mol. The van der Waals surface area contributed by atoms with Gasteiger partial charge in [-0.2, -0.15) is 0 Å². The second-order valence-corrected chi connectivity index (χ2v) is 7.20. The molecule has 1 aliphatic carbocycles. The quantitative estimate of drug-likeness (QED) is 0.258. The van der Waals surface area contributed by atoms with Crippen molar-refractivity contribution in [1.82, 2.24) is 0 Å². The van der Waals surface area contributed by atoms with Crippen molar-refractivity contribution in [2.45, 2.75) is 25.7 Å². The minimum absolute atomic E-state index is 0.112. The van der Waals surface area contributed by atoms with E-state index >= 15 is 0 Å². The number of carbonyl (C=O) groups excluding carboxylic acids is 3. The Kier molecular flexibility index (Phi) is 4.84. The molecule has 2 aliphatic rings. The molecule has 0 radical (unpaired) electrons. The predicted octanol–water partition coefficient (Wildman–Crippen LogP) is 3.49. The lowest BCUT2D eigenvalue weighted by atomic mass is 9.81. The number of rotatable bonds is 4. The van der Waals surface area contributed by atoms with Crippen LogP contribution in [0.4, 0.5) is 11.4 Å². The lowest BCUT2D eigenvalue weighted by Crippen LogP contribution is -2.31. The molecule has 1 saturated carbocycles. The SMILES string of the molecule is O=C(Oc1ccc([N+](=O)[O-])cc1)c1cccc(N2C(=O)[C@H]3CCCC[C@@H]3C2=O)c1. The molecule has 8 nitrogen and oxygen atoms in total. The molecule has 1 saturated heterocycles. The second kappa shape index (κ2) is 7.46. The maximum atomic E-state index is 12.7. The fourth-order valence-corrected chi connectivity index (χ4v) is 3.99. The molecular weight excluding hydrogens is 376 g/mol. The standard InChI is InChI=1S/C21H18N2O6/c24-19-17-6-1-2-7-18(17)20(25)22(19)15-5-3-4-13(12-15)21(26)29-16-10-8-14(9-11-16)23(27)28/h3-5,8-12,17-18H,1-2,6-7H2/t17-,18-/m0/s1. The first-order valence-electron chi connectivity index (χ1n) is 9.40. The van der Waals surface area contributed by atoms with Crippen LogP contribution in [0.1, 0.15) is 36.0 Å². The third-order valence-electron chi connectivity index (χ3n) is 5.44. The Morgan fingerprint density at radius 2 is 1.62 bits per heavy atom. The molecule has 0 spiro atoms. The van der Waals surface area contributed by atoms with Crippen molar-refractivity contribution in [2.75, 3.05) is 4.90 Å². The lowest BCUT2D eigenvalue weighted by molar-refractivity contribution is -0.384. The van der Waals surface area contributed by atoms with E-state index < -0.39 is 10.9 Å². The zero-order chi connectivity index (χ0) is 20.5. The number of hydrogen-bond acceptors (Lipinski definition) is 6. The highest BCUT2D eigenvalue weighted by molar-refractivity contribution is 6.22. The summed E-state index contributed by atoms with van der Waals surface area (Å²) >= 11 is 0. The van der Waals surface area contributed by atoms with E-state index in [1.807, 2.05) is 0 Å². The Hall–Kier alpha value is -3.55. The first-order valence-corrected chi connectivity index (χ1v) is 9.40. The second-order valence-electron chi connectivity index (χ2n) is 7.20. The highest BCUT2D eigenvalue weighted by Crippen LogP contribution is 2.40. The predicted molar refractivity (Wildman–Crippen MR) is 102 cm³/mol. The summed E-state index contributed by atoms with van der Waals surface area (Å²) < 4.78 is 5.25. The maximum Gasteiger partial charge on any atom is 0.343 e. The summed E-state index contributed by atoms with van der Waals surface area (Å²) in [4.78, 5) is 49.3. The van der Waals surface area contributed by atoms with Gasteiger partial charge in [-0.1, -0.05) is 18.9 Å². The third-order valence-corrected chi connectivity index (χ3v) is 5.44. The van der Waals surface area contributed by atoms with E-state index in [1.54, 1.807) is 12.1 Å². The first-order chi connectivity index (χ1) is 14.0. The van der Waals surface area contributed by atoms with Crippen molar-refractivity contribution in [2.24, 2.45) is 11.8 Å². The molecule has 2 atom stereocenters. The highest BCUT2D eigenvalue weighted by Gasteiger charge is 2.48. The summed E-state index contributed by atoms with van der Waals surface area (Å²) in [6, 6.07) is 11.3. The molecule has 2 amide bonds. The largest absolute Gasteiger partial charge is 0.423 e. The minimum Gasteiger partial charge on any atom is -0.423 e. The van der Waals surface area contributed by atoms with Crippen LogP contribution in [0.3, 0.4) is 0 Å². The Morgan fingerprint density at radius 3 is 2.21 bits per heavy atom. The van der Waals surface area contributed by atoms with Crippen LogP contribution in [0.5, 0.6) is 5.75 Å². The van der Waals surface area contributed by atoms with Gasteiger partial charge in [0, 0.05) is 12.1 Å². The van der Waals surface area contributed by atoms with Gasteiger partial charge in [-0.25, -0.2) is 4.79 Å². The number of non-ortho nitro benzene ring substituents is 1. The summed E-state index contributed by atoms with van der Waals surface area (Å²) in [6.45, 7) is 0. The molecule has 0 aromatic heterocycles. The number of esters is 1. The number of ether oxygens (including phenoxy) is 1. The van der Waals surface area contributed by atoms with E-state index in [4.69, 9.17) is 4.74 Å². The lowest BCUT2D eigenvalue weighted by Gasteiger charge is -2.19. The normalized spacial score (nSPS) is 21.0. The van der Waals surface area contributed by atoms with Crippen LogP contribution in [0.25, 0.3) is 0 Å². The van der Waals surface area contributed by atoms with E-state index in [-0.39, 0.29) is 40.7 Å². The molecule has 29 heavy (non-hydrogen) atoms. The molecule has 1 heterocycles. The number of fused-ring (bicyclic) bond motifs is 1. The van der Waals surface area contributed by atoms with Gasteiger partial charge in [0.1, 0.15) is 5.75 Å². The van der Waals surface area contributed by atoms with E-state index in [9.17, 15) is 24.5 Å². The van der Waals surface area contributed by atoms with Crippen LogP contribution in [-0.2, 0) is 9.59 Å². The summed E-state index contributed by atoms with van der Waals surface area (Å²) in [6.07, 6.45) is 3.31. The zero-order valence-electron chi connectivity index (χ0n) is 15.4. The van der Waals surface area contributed by atoms with Crippen LogP contribution in [0.2, 0.25) is 0 Å². The zero-order valence-corrected chi connectivity index (χ0v) is 15.4. The van der Waals surface area contributed by atoms with E-state index in [2.05, 4.69) is 0 Å². The van der Waals surface area contributed by atoms with Crippen LogP contribution in [0.15, 0.2) is 48.5 Å². The average Bonchev–Trinajstić information content (AvgIpc) is 2.99. The van der Waals surface area contributed by atoms with Gasteiger partial charge in [0.25, 0.3) is 5.69 Å². The fourth-order valence-electron chi connectivity index (χ4n) is 3.99. The van der Waals surface area contributed by atoms with Gasteiger partial charge in [0.05, 0.1) is 28.0 Å². The molecule has 1 aliphatic heterocycles. The summed E-state index contributed by atoms with van der Waals surface area (Å²) in [7, 11) is 0. The number of amides is 2. The van der Waals surface area contributed by atoms with Gasteiger partial charge < -0.3 is 4.74 Å². The number of carbonyl (C=O) groups is 3. The number of anilines is 1. The molecule has 0 bridgehead atoms. The van der Waals surface area contributed by atoms with E-state index in [1.165, 1.54) is 41.3 Å². The summed E-state index contributed by atoms with van der Waals surface area (Å²) in [5.41, 5.74) is 0.420. The number of nitro groups is 1. The minimum atomic E-state index is -0.683. The molecule has 8 heteroatoms. The van der Waals surface area contributed by atoms with Crippen LogP contribution < -0.4 is 9.64 Å². The molecule has 0 unspecified atom stereocenters. The van der Waals surface area contributed by atoms with Crippen LogP contribution in [0, 0.1) is 22.0 Å². The van der Waals surface area contributed by atoms with E-state index in [0.29, 0.717) is 18.5 Å². The van der Waals surface area contributed by atoms with E-state index in [0.717, 1.165) is 12.8 Å². The Balaban J connectivity index is 1.54. The first kappa shape index (κ1) is 18.8. The van der Waals surface area contributed by atoms with Gasteiger partial charge in [0.2, 0.25) is 11.8 Å². The molecule has 0 N–H and O–H groups in total. The number of imide groups is 1. The van der Waals surface area contributed by atoms with Crippen molar-refractivity contribution in [3.63, 3.8) is 0 Å². The van der Waals surface area contributed by atoms with Crippen molar-refractivity contribution >= 4 is 29.2 Å². The maximum absolute atomic E-state index is 12.7. The van der Waals surface area contributed by atoms with Gasteiger partial charge >= 0.3 is 5.97 Å². The van der Waals surface area contributed by atoms with Gasteiger partial charge in [-0.05, 0) is 43.2 Å². The number of nitrogens with zero attached hydrogens (tertiary/aromatic N) is 2. The smallest absolute Gasteiger partial charge is 0.343 e. The molecule has 148 valence electrons. The Bertz CT molecular complexity index is 976. The summed E-state index contributed by atoms with van der Waals surface area (Å²) in [5, 5.41) is 10.7. The molecule has 2 fully saturated rings. The molecule has 4 rings (SSSR count). The van der Waals surface area contributed by atoms with Gasteiger partial charge in [0.15, 0.2) is 0 Å². The van der Waals surface area contributed by atoms with Crippen molar-refractivity contribution in [1.29, 1.82) is 0 Å². The van der Waals surface area contributed by atoms with Crippen molar-refractivity contribution < 1.29 is 24.0 Å². The van der Waals surface area contributed by atoms with Gasteiger partial charge in [-0.15, -0.1) is 0 Å². The monoisotopic (exact) mass is 394 g/mol. The Labute approximate surface area is 166 Å². The Morgan fingerprint density at radius 1 is 1.00 bits per heavy atom. The van der Waals surface area contributed by atoms with Crippen LogP contribution in [-0.4, -0.2) is 22.7 Å². The van der Waals surface area contributed by atoms with Crippen molar-refractivity contribution in [3.8, 4) is 5.75 Å². The molecular formula is C21H18N2O6. The topological polar surface area (TPSA) is 107 Å². The number of benzene rings is 2. The summed E-state index contributed by atoms with van der Waals surface area (Å²) in [5.74, 6) is -1.48. The molecule has 2 aromatic rings.